The number of halogens is 1. The molecule has 0 spiro atoms. The Kier molecular flexibility index (Phi) is 5.82. The summed E-state index contributed by atoms with van der Waals surface area (Å²) in [5.41, 5.74) is 2.37. The molecule has 2 aromatic rings. The second kappa shape index (κ2) is 8.26. The summed E-state index contributed by atoms with van der Waals surface area (Å²) in [6.07, 6.45) is 0.408. The molecule has 1 heterocycles. The van der Waals surface area contributed by atoms with E-state index >= 15 is 0 Å². The molecule has 0 unspecified atom stereocenters. The highest BCUT2D eigenvalue weighted by Crippen LogP contribution is 2.25. The Labute approximate surface area is 154 Å². The van der Waals surface area contributed by atoms with E-state index < -0.39 is 0 Å². The zero-order valence-corrected chi connectivity index (χ0v) is 15.2. The summed E-state index contributed by atoms with van der Waals surface area (Å²) in [4.78, 5) is 16.6. The molecule has 0 atom stereocenters. The first-order valence-corrected chi connectivity index (χ1v) is 8.98. The molecule has 132 valence electrons. The van der Waals surface area contributed by atoms with Gasteiger partial charge in [0, 0.05) is 36.9 Å². The lowest BCUT2D eigenvalue weighted by molar-refractivity contribution is -0.132. The summed E-state index contributed by atoms with van der Waals surface area (Å²) in [5.74, 6) is 0.954. The molecule has 5 heteroatoms. The normalized spacial score (nSPS) is 14.5. The summed E-state index contributed by atoms with van der Waals surface area (Å²) >= 11 is 6.12. The monoisotopic (exact) mass is 358 g/mol. The highest BCUT2D eigenvalue weighted by atomic mass is 35.5. The Morgan fingerprint density at radius 3 is 2.52 bits per heavy atom. The van der Waals surface area contributed by atoms with Gasteiger partial charge in [0.25, 0.3) is 0 Å². The predicted molar refractivity (Wildman–Crippen MR) is 102 cm³/mol. The SMILES string of the molecule is Cc1ccc(Cl)cc1N1CCN(C(=O)CCOc2ccccc2)CC1. The third-order valence-electron chi connectivity index (χ3n) is 4.47. The van der Waals surface area contributed by atoms with Crippen LogP contribution < -0.4 is 9.64 Å². The van der Waals surface area contributed by atoms with Crippen LogP contribution in [-0.2, 0) is 4.79 Å². The van der Waals surface area contributed by atoms with Crippen molar-refractivity contribution in [1.82, 2.24) is 4.90 Å². The summed E-state index contributed by atoms with van der Waals surface area (Å²) in [7, 11) is 0. The molecule has 4 nitrogen and oxygen atoms in total. The maximum Gasteiger partial charge on any atom is 0.226 e. The Morgan fingerprint density at radius 1 is 1.08 bits per heavy atom. The first kappa shape index (κ1) is 17.6. The topological polar surface area (TPSA) is 32.8 Å². The van der Waals surface area contributed by atoms with E-state index in [9.17, 15) is 4.79 Å². The molecule has 1 amide bonds. The molecule has 3 rings (SSSR count). The van der Waals surface area contributed by atoms with Crippen molar-refractivity contribution in [3.63, 3.8) is 0 Å². The summed E-state index contributed by atoms with van der Waals surface area (Å²) in [6, 6.07) is 15.5. The van der Waals surface area contributed by atoms with Crippen LogP contribution in [0.3, 0.4) is 0 Å². The van der Waals surface area contributed by atoms with E-state index in [-0.39, 0.29) is 5.91 Å². The molecule has 1 saturated heterocycles. The fourth-order valence-electron chi connectivity index (χ4n) is 3.05. The van der Waals surface area contributed by atoms with Gasteiger partial charge in [-0.25, -0.2) is 0 Å². The van der Waals surface area contributed by atoms with Crippen LogP contribution in [0.1, 0.15) is 12.0 Å². The Hall–Kier alpha value is -2.20. The smallest absolute Gasteiger partial charge is 0.226 e. The number of hydrogen-bond donors (Lipinski definition) is 0. The second-order valence-corrected chi connectivity index (χ2v) is 6.65. The predicted octanol–water partition coefficient (Wildman–Crippen LogP) is 3.77. The van der Waals surface area contributed by atoms with Gasteiger partial charge in [0.15, 0.2) is 0 Å². The van der Waals surface area contributed by atoms with E-state index in [0.29, 0.717) is 13.0 Å². The minimum Gasteiger partial charge on any atom is -0.493 e. The molecule has 0 aliphatic carbocycles. The van der Waals surface area contributed by atoms with Crippen LogP contribution in [0.25, 0.3) is 0 Å². The van der Waals surface area contributed by atoms with Crippen molar-refractivity contribution in [3.05, 3.63) is 59.1 Å². The Morgan fingerprint density at radius 2 is 1.80 bits per heavy atom. The van der Waals surface area contributed by atoms with Crippen molar-refractivity contribution < 1.29 is 9.53 Å². The van der Waals surface area contributed by atoms with E-state index in [1.165, 1.54) is 5.56 Å². The molecule has 25 heavy (non-hydrogen) atoms. The average Bonchev–Trinajstić information content (AvgIpc) is 2.65. The largest absolute Gasteiger partial charge is 0.493 e. The lowest BCUT2D eigenvalue weighted by Gasteiger charge is -2.37. The maximum absolute atomic E-state index is 12.4. The van der Waals surface area contributed by atoms with Crippen LogP contribution in [0, 0.1) is 6.92 Å². The van der Waals surface area contributed by atoms with Crippen LogP contribution in [0.4, 0.5) is 5.69 Å². The minimum atomic E-state index is 0.151. The van der Waals surface area contributed by atoms with Crippen molar-refractivity contribution in [3.8, 4) is 5.75 Å². The second-order valence-electron chi connectivity index (χ2n) is 6.21. The third-order valence-corrected chi connectivity index (χ3v) is 4.71. The first-order chi connectivity index (χ1) is 12.1. The van der Waals surface area contributed by atoms with Gasteiger partial charge in [-0.05, 0) is 36.8 Å². The van der Waals surface area contributed by atoms with E-state index in [2.05, 4.69) is 11.8 Å². The van der Waals surface area contributed by atoms with Crippen LogP contribution in [0.5, 0.6) is 5.75 Å². The van der Waals surface area contributed by atoms with Gasteiger partial charge >= 0.3 is 0 Å². The Bertz CT molecular complexity index is 713. The van der Waals surface area contributed by atoms with Crippen molar-refractivity contribution in [2.24, 2.45) is 0 Å². The van der Waals surface area contributed by atoms with Crippen LogP contribution in [-0.4, -0.2) is 43.6 Å². The zero-order valence-electron chi connectivity index (χ0n) is 14.5. The van der Waals surface area contributed by atoms with Gasteiger partial charge in [-0.2, -0.15) is 0 Å². The minimum absolute atomic E-state index is 0.151. The molecule has 0 aromatic heterocycles. The molecule has 2 aromatic carbocycles. The number of piperazine rings is 1. The van der Waals surface area contributed by atoms with Crippen molar-refractivity contribution >= 4 is 23.2 Å². The van der Waals surface area contributed by atoms with Crippen molar-refractivity contribution in [2.45, 2.75) is 13.3 Å². The summed E-state index contributed by atoms with van der Waals surface area (Å²) in [6.45, 7) is 5.62. The fourth-order valence-corrected chi connectivity index (χ4v) is 3.22. The van der Waals surface area contributed by atoms with Gasteiger partial charge in [-0.1, -0.05) is 35.9 Å². The molecule has 1 aliphatic heterocycles. The standard InChI is InChI=1S/C20H23ClN2O2/c1-16-7-8-17(21)15-19(16)22-10-12-23(13-11-22)20(24)9-14-25-18-5-3-2-4-6-18/h2-8,15H,9-14H2,1H3. The van der Waals surface area contributed by atoms with Gasteiger partial charge in [-0.15, -0.1) is 0 Å². The number of hydrogen-bond acceptors (Lipinski definition) is 3. The van der Waals surface area contributed by atoms with E-state index in [4.69, 9.17) is 16.3 Å². The molecular formula is C20H23ClN2O2. The summed E-state index contributed by atoms with van der Waals surface area (Å²) < 4.78 is 5.61. The van der Waals surface area contributed by atoms with E-state index in [0.717, 1.165) is 42.6 Å². The molecule has 1 fully saturated rings. The maximum atomic E-state index is 12.4. The number of anilines is 1. The zero-order chi connectivity index (χ0) is 17.6. The first-order valence-electron chi connectivity index (χ1n) is 8.60. The van der Waals surface area contributed by atoms with Crippen LogP contribution >= 0.6 is 11.6 Å². The lowest BCUT2D eigenvalue weighted by atomic mass is 10.1. The van der Waals surface area contributed by atoms with E-state index in [1.54, 1.807) is 0 Å². The number of amides is 1. The molecule has 0 bridgehead atoms. The lowest BCUT2D eigenvalue weighted by Crippen LogP contribution is -2.49. The van der Waals surface area contributed by atoms with Gasteiger partial charge in [0.2, 0.25) is 5.91 Å². The number of nitrogens with zero attached hydrogens (tertiary/aromatic N) is 2. The highest BCUT2D eigenvalue weighted by molar-refractivity contribution is 6.30. The molecule has 1 aliphatic rings. The van der Waals surface area contributed by atoms with Gasteiger partial charge in [0.1, 0.15) is 5.75 Å². The third kappa shape index (κ3) is 4.67. The molecule has 0 saturated carbocycles. The quantitative estimate of drug-likeness (QED) is 0.815. The number of para-hydroxylation sites is 1. The van der Waals surface area contributed by atoms with Gasteiger partial charge in [-0.3, -0.25) is 4.79 Å². The molecule has 0 radical (unpaired) electrons. The number of benzene rings is 2. The number of ether oxygens (including phenoxy) is 1. The average molecular weight is 359 g/mol. The highest BCUT2D eigenvalue weighted by Gasteiger charge is 2.22. The van der Waals surface area contributed by atoms with Crippen molar-refractivity contribution in [1.29, 1.82) is 0 Å². The van der Waals surface area contributed by atoms with E-state index in [1.807, 2.05) is 53.4 Å². The fraction of sp³-hybridized carbons (Fsp3) is 0.350. The molecule has 0 N–H and O–H groups in total. The van der Waals surface area contributed by atoms with Crippen LogP contribution in [0.2, 0.25) is 5.02 Å². The summed E-state index contributed by atoms with van der Waals surface area (Å²) in [5, 5.41) is 0.747. The number of carbonyl (C=O) groups is 1. The van der Waals surface area contributed by atoms with Crippen LogP contribution in [0.15, 0.2) is 48.5 Å². The molecular weight excluding hydrogens is 336 g/mol. The number of rotatable bonds is 5. The van der Waals surface area contributed by atoms with Gasteiger partial charge < -0.3 is 14.5 Å². The van der Waals surface area contributed by atoms with Crippen molar-refractivity contribution in [2.75, 3.05) is 37.7 Å². The Balaban J connectivity index is 1.47. The van der Waals surface area contributed by atoms with Gasteiger partial charge in [0.05, 0.1) is 13.0 Å². The number of carbonyl (C=O) groups excluding carboxylic acids is 1. The number of aryl methyl sites for hydroxylation is 1.